The fourth-order valence-corrected chi connectivity index (χ4v) is 1.86. The molecule has 0 saturated heterocycles. The topological polar surface area (TPSA) is 40.5 Å². The zero-order valence-corrected chi connectivity index (χ0v) is 10.2. The molecule has 2 unspecified atom stereocenters. The van der Waals surface area contributed by atoms with Crippen LogP contribution in [0.25, 0.3) is 0 Å². The van der Waals surface area contributed by atoms with E-state index in [1.807, 2.05) is 0 Å². The summed E-state index contributed by atoms with van der Waals surface area (Å²) in [6.45, 7) is 0. The SMILES string of the molecule is OC(CCl)C(O)c1cc(Cl)ccc1Br. The van der Waals surface area contributed by atoms with Gasteiger partial charge < -0.3 is 10.2 Å². The molecule has 0 radical (unpaired) electrons. The van der Waals surface area contributed by atoms with Crippen LogP contribution >= 0.6 is 39.1 Å². The maximum Gasteiger partial charge on any atom is 0.107 e. The van der Waals surface area contributed by atoms with Gasteiger partial charge in [0.1, 0.15) is 6.10 Å². The molecule has 0 aliphatic rings. The van der Waals surface area contributed by atoms with E-state index >= 15 is 0 Å². The molecular formula is C9H9BrCl2O2. The lowest BCUT2D eigenvalue weighted by Crippen LogP contribution is -2.20. The van der Waals surface area contributed by atoms with Crippen molar-refractivity contribution in [3.63, 3.8) is 0 Å². The Morgan fingerprint density at radius 2 is 2.00 bits per heavy atom. The lowest BCUT2D eigenvalue weighted by molar-refractivity contribution is 0.0323. The van der Waals surface area contributed by atoms with Crippen LogP contribution < -0.4 is 0 Å². The summed E-state index contributed by atoms with van der Waals surface area (Å²) < 4.78 is 0.693. The van der Waals surface area contributed by atoms with Gasteiger partial charge in [0.15, 0.2) is 0 Å². The van der Waals surface area contributed by atoms with Crippen LogP contribution in [0.4, 0.5) is 0 Å². The fraction of sp³-hybridized carbons (Fsp3) is 0.333. The summed E-state index contributed by atoms with van der Waals surface area (Å²) in [5, 5.41) is 19.5. The van der Waals surface area contributed by atoms with E-state index in [0.717, 1.165) is 0 Å². The van der Waals surface area contributed by atoms with E-state index in [9.17, 15) is 10.2 Å². The fourth-order valence-electron chi connectivity index (χ4n) is 1.03. The van der Waals surface area contributed by atoms with Gasteiger partial charge in [-0.25, -0.2) is 0 Å². The van der Waals surface area contributed by atoms with E-state index < -0.39 is 12.2 Å². The Labute approximate surface area is 101 Å². The Hall–Kier alpha value is 0.200. The third-order valence-corrected chi connectivity index (χ3v) is 3.07. The summed E-state index contributed by atoms with van der Waals surface area (Å²) >= 11 is 14.4. The second-order valence-corrected chi connectivity index (χ2v) is 4.43. The summed E-state index contributed by atoms with van der Waals surface area (Å²) in [5.41, 5.74) is 0.533. The predicted octanol–water partition coefficient (Wildman–Crippen LogP) is 2.74. The molecule has 2 N–H and O–H groups in total. The molecule has 0 aromatic heterocycles. The van der Waals surface area contributed by atoms with E-state index in [1.165, 1.54) is 0 Å². The predicted molar refractivity (Wildman–Crippen MR) is 60.8 cm³/mol. The van der Waals surface area contributed by atoms with Crippen molar-refractivity contribution in [2.24, 2.45) is 0 Å². The van der Waals surface area contributed by atoms with E-state index in [0.29, 0.717) is 15.1 Å². The van der Waals surface area contributed by atoms with Crippen molar-refractivity contribution in [3.8, 4) is 0 Å². The molecule has 0 bridgehead atoms. The van der Waals surface area contributed by atoms with Gasteiger partial charge in [0.05, 0.1) is 12.0 Å². The van der Waals surface area contributed by atoms with Crippen LogP contribution in [0.1, 0.15) is 11.7 Å². The molecule has 0 saturated carbocycles. The summed E-state index contributed by atoms with van der Waals surface area (Å²) in [7, 11) is 0. The highest BCUT2D eigenvalue weighted by molar-refractivity contribution is 9.10. The van der Waals surface area contributed by atoms with Crippen molar-refractivity contribution in [1.82, 2.24) is 0 Å². The largest absolute Gasteiger partial charge is 0.389 e. The van der Waals surface area contributed by atoms with Gasteiger partial charge in [-0.3, -0.25) is 0 Å². The summed E-state index contributed by atoms with van der Waals surface area (Å²) in [6.07, 6.45) is -2.02. The summed E-state index contributed by atoms with van der Waals surface area (Å²) in [6, 6.07) is 4.99. The molecule has 5 heteroatoms. The van der Waals surface area contributed by atoms with E-state index in [1.54, 1.807) is 18.2 Å². The molecule has 0 amide bonds. The molecule has 0 spiro atoms. The molecule has 0 aliphatic carbocycles. The molecule has 78 valence electrons. The van der Waals surface area contributed by atoms with Gasteiger partial charge in [-0.1, -0.05) is 27.5 Å². The maximum atomic E-state index is 9.67. The lowest BCUT2D eigenvalue weighted by atomic mass is 10.1. The standard InChI is InChI=1S/C9H9BrCl2O2/c10-7-2-1-5(12)3-6(7)9(14)8(13)4-11/h1-3,8-9,13-14H,4H2. The molecule has 2 atom stereocenters. The lowest BCUT2D eigenvalue weighted by Gasteiger charge is -2.17. The van der Waals surface area contributed by atoms with Crippen molar-refractivity contribution in [2.45, 2.75) is 12.2 Å². The van der Waals surface area contributed by atoms with Crippen LogP contribution in [0, 0.1) is 0 Å². The molecule has 1 aromatic carbocycles. The van der Waals surface area contributed by atoms with Crippen molar-refractivity contribution < 1.29 is 10.2 Å². The maximum absolute atomic E-state index is 9.67. The first-order chi connectivity index (χ1) is 6.56. The Morgan fingerprint density at radius 1 is 1.36 bits per heavy atom. The van der Waals surface area contributed by atoms with Crippen LogP contribution in [0.15, 0.2) is 22.7 Å². The van der Waals surface area contributed by atoms with Gasteiger partial charge in [0, 0.05) is 9.50 Å². The molecule has 1 rings (SSSR count). The van der Waals surface area contributed by atoms with Crippen LogP contribution in [-0.4, -0.2) is 22.2 Å². The van der Waals surface area contributed by atoms with Gasteiger partial charge in [-0.15, -0.1) is 11.6 Å². The molecule has 2 nitrogen and oxygen atoms in total. The highest BCUT2D eigenvalue weighted by Crippen LogP contribution is 2.28. The van der Waals surface area contributed by atoms with Crippen molar-refractivity contribution in [2.75, 3.05) is 5.88 Å². The van der Waals surface area contributed by atoms with Gasteiger partial charge in [-0.05, 0) is 23.8 Å². The number of hydrogen-bond acceptors (Lipinski definition) is 2. The minimum atomic E-state index is -1.03. The van der Waals surface area contributed by atoms with Crippen molar-refractivity contribution in [3.05, 3.63) is 33.3 Å². The summed E-state index contributed by atoms with van der Waals surface area (Å²) in [5.74, 6) is -0.0277. The first-order valence-electron chi connectivity index (χ1n) is 3.93. The Bertz CT molecular complexity index is 320. The second-order valence-electron chi connectivity index (χ2n) is 2.83. The first kappa shape index (κ1) is 12.3. The minimum Gasteiger partial charge on any atom is -0.389 e. The molecule has 0 fully saturated rings. The molecule has 0 heterocycles. The van der Waals surface area contributed by atoms with Crippen molar-refractivity contribution >= 4 is 39.1 Å². The number of rotatable bonds is 3. The number of benzene rings is 1. The second kappa shape index (κ2) is 5.33. The Balaban J connectivity index is 2.99. The smallest absolute Gasteiger partial charge is 0.107 e. The van der Waals surface area contributed by atoms with E-state index in [2.05, 4.69) is 15.9 Å². The van der Waals surface area contributed by atoms with Gasteiger partial charge in [0.2, 0.25) is 0 Å². The van der Waals surface area contributed by atoms with Gasteiger partial charge >= 0.3 is 0 Å². The number of aliphatic hydroxyl groups excluding tert-OH is 2. The van der Waals surface area contributed by atoms with Gasteiger partial charge in [0.25, 0.3) is 0 Å². The normalized spacial score (nSPS) is 15.2. The van der Waals surface area contributed by atoms with Crippen LogP contribution in [-0.2, 0) is 0 Å². The molecule has 0 aliphatic heterocycles. The monoisotopic (exact) mass is 298 g/mol. The van der Waals surface area contributed by atoms with Crippen LogP contribution in [0.2, 0.25) is 5.02 Å². The first-order valence-corrected chi connectivity index (χ1v) is 5.64. The molecular weight excluding hydrogens is 291 g/mol. The average Bonchev–Trinajstić information content (AvgIpc) is 2.19. The minimum absolute atomic E-state index is 0.0277. The third-order valence-electron chi connectivity index (χ3n) is 1.80. The van der Waals surface area contributed by atoms with Crippen LogP contribution in [0.5, 0.6) is 0 Å². The zero-order chi connectivity index (χ0) is 10.7. The van der Waals surface area contributed by atoms with Gasteiger partial charge in [-0.2, -0.15) is 0 Å². The van der Waals surface area contributed by atoms with Crippen molar-refractivity contribution in [1.29, 1.82) is 0 Å². The van der Waals surface area contributed by atoms with Crippen LogP contribution in [0.3, 0.4) is 0 Å². The number of aliphatic hydroxyl groups is 2. The third kappa shape index (κ3) is 2.84. The van der Waals surface area contributed by atoms with E-state index in [4.69, 9.17) is 23.2 Å². The van der Waals surface area contributed by atoms with E-state index in [-0.39, 0.29) is 5.88 Å². The molecule has 14 heavy (non-hydrogen) atoms. The quantitative estimate of drug-likeness (QED) is 0.843. The number of alkyl halides is 1. The molecule has 1 aromatic rings. The average molecular weight is 300 g/mol. The summed E-state index contributed by atoms with van der Waals surface area (Å²) in [4.78, 5) is 0. The Morgan fingerprint density at radius 3 is 2.57 bits per heavy atom. The number of halogens is 3. The highest BCUT2D eigenvalue weighted by atomic mass is 79.9. The zero-order valence-electron chi connectivity index (χ0n) is 7.12. The Kier molecular flexibility index (Phi) is 4.67. The highest BCUT2D eigenvalue weighted by Gasteiger charge is 2.19. The number of hydrogen-bond donors (Lipinski definition) is 2.